The molecule has 0 saturated heterocycles. The predicted molar refractivity (Wildman–Crippen MR) is 99.5 cm³/mol. The lowest BCUT2D eigenvalue weighted by Gasteiger charge is -2.06. The van der Waals surface area contributed by atoms with Crippen LogP contribution < -0.4 is 10.9 Å². The molecule has 0 amide bonds. The lowest BCUT2D eigenvalue weighted by atomic mass is 10.1. The Balaban J connectivity index is 1.63. The van der Waals surface area contributed by atoms with Crippen molar-refractivity contribution in [1.82, 2.24) is 4.98 Å². The first-order valence-electron chi connectivity index (χ1n) is 7.82. The summed E-state index contributed by atoms with van der Waals surface area (Å²) in [7, 11) is 0. The first kappa shape index (κ1) is 16.4. The third-order valence-corrected chi connectivity index (χ3v) is 3.62. The minimum atomic E-state index is -0.113. The van der Waals surface area contributed by atoms with Gasteiger partial charge < -0.3 is 20.5 Å². The van der Waals surface area contributed by atoms with E-state index in [-0.39, 0.29) is 17.1 Å². The second kappa shape index (κ2) is 7.40. The van der Waals surface area contributed by atoms with E-state index >= 15 is 0 Å². The van der Waals surface area contributed by atoms with Gasteiger partial charge in [0.25, 0.3) is 0 Å². The molecule has 3 aromatic rings. The van der Waals surface area contributed by atoms with Gasteiger partial charge >= 0.3 is 0 Å². The van der Waals surface area contributed by atoms with E-state index in [4.69, 9.17) is 0 Å². The largest absolute Gasteiger partial charge is 0.508 e. The van der Waals surface area contributed by atoms with Gasteiger partial charge in [-0.3, -0.25) is 4.79 Å². The van der Waals surface area contributed by atoms with E-state index in [1.165, 1.54) is 12.1 Å². The summed E-state index contributed by atoms with van der Waals surface area (Å²) in [5, 5.41) is 22.2. The second-order valence-electron chi connectivity index (χ2n) is 5.63. The van der Waals surface area contributed by atoms with Crippen molar-refractivity contribution in [2.24, 2.45) is 0 Å². The second-order valence-corrected chi connectivity index (χ2v) is 5.63. The monoisotopic (exact) mass is 334 g/mol. The molecule has 0 atom stereocenters. The van der Waals surface area contributed by atoms with Crippen molar-refractivity contribution in [1.29, 1.82) is 0 Å². The van der Waals surface area contributed by atoms with E-state index in [1.807, 2.05) is 42.5 Å². The van der Waals surface area contributed by atoms with Gasteiger partial charge in [-0.1, -0.05) is 30.4 Å². The summed E-state index contributed by atoms with van der Waals surface area (Å²) in [5.41, 5.74) is 3.35. The molecule has 0 aliphatic carbocycles. The molecule has 0 bridgehead atoms. The highest BCUT2D eigenvalue weighted by molar-refractivity contribution is 5.71. The van der Waals surface area contributed by atoms with Crippen LogP contribution in [0.3, 0.4) is 0 Å². The van der Waals surface area contributed by atoms with Gasteiger partial charge in [-0.2, -0.15) is 0 Å². The van der Waals surface area contributed by atoms with Crippen LogP contribution in [0.2, 0.25) is 0 Å². The van der Waals surface area contributed by atoms with Crippen LogP contribution in [-0.2, 0) is 6.54 Å². The zero-order valence-corrected chi connectivity index (χ0v) is 13.4. The minimum absolute atomic E-state index is 0.0261. The third-order valence-electron chi connectivity index (χ3n) is 3.62. The molecule has 5 nitrogen and oxygen atoms in total. The quantitative estimate of drug-likeness (QED) is 0.537. The average molecular weight is 334 g/mol. The average Bonchev–Trinajstić information content (AvgIpc) is 2.58. The molecule has 0 spiro atoms. The van der Waals surface area contributed by atoms with Crippen molar-refractivity contribution in [3.63, 3.8) is 0 Å². The zero-order chi connectivity index (χ0) is 17.6. The Bertz CT molecular complexity index is 923. The van der Waals surface area contributed by atoms with Crippen LogP contribution in [0, 0.1) is 0 Å². The van der Waals surface area contributed by atoms with Crippen molar-refractivity contribution < 1.29 is 10.2 Å². The number of H-pyrrole nitrogens is 1. The van der Waals surface area contributed by atoms with Gasteiger partial charge in [0.15, 0.2) is 0 Å². The van der Waals surface area contributed by atoms with Crippen LogP contribution in [0.1, 0.15) is 16.8 Å². The lowest BCUT2D eigenvalue weighted by Crippen LogP contribution is -2.09. The molecule has 0 aliphatic heterocycles. The Kier molecular flexibility index (Phi) is 4.85. The molecule has 1 aromatic heterocycles. The molecule has 0 saturated carbocycles. The van der Waals surface area contributed by atoms with Crippen LogP contribution in [-0.4, -0.2) is 15.2 Å². The molecule has 4 N–H and O–H groups in total. The number of aromatic nitrogens is 1. The Hall–Kier alpha value is -3.47. The van der Waals surface area contributed by atoms with E-state index in [9.17, 15) is 15.0 Å². The van der Waals surface area contributed by atoms with Crippen molar-refractivity contribution >= 4 is 17.8 Å². The predicted octanol–water partition coefficient (Wildman–Crippen LogP) is 3.57. The summed E-state index contributed by atoms with van der Waals surface area (Å²) in [6.45, 7) is 0.536. The summed E-state index contributed by atoms with van der Waals surface area (Å²) >= 11 is 0. The maximum Gasteiger partial charge on any atom is 0.248 e. The zero-order valence-electron chi connectivity index (χ0n) is 13.4. The van der Waals surface area contributed by atoms with Crippen LogP contribution in [0.4, 0.5) is 5.69 Å². The fourth-order valence-electron chi connectivity index (χ4n) is 2.41. The smallest absolute Gasteiger partial charge is 0.248 e. The summed E-state index contributed by atoms with van der Waals surface area (Å²) in [6, 6.07) is 17.3. The molecule has 3 rings (SSSR count). The lowest BCUT2D eigenvalue weighted by molar-refractivity contribution is 0.450. The highest BCUT2D eigenvalue weighted by Gasteiger charge is 1.97. The molecular formula is C20H18N2O3. The molecule has 0 radical (unpaired) electrons. The Morgan fingerprint density at radius 2 is 1.56 bits per heavy atom. The number of benzene rings is 2. The van der Waals surface area contributed by atoms with E-state index in [0.717, 1.165) is 16.9 Å². The molecule has 2 aromatic carbocycles. The maximum atomic E-state index is 11.3. The third kappa shape index (κ3) is 4.75. The van der Waals surface area contributed by atoms with Crippen LogP contribution in [0.25, 0.3) is 12.2 Å². The first-order valence-corrected chi connectivity index (χ1v) is 7.82. The summed E-state index contributed by atoms with van der Waals surface area (Å²) in [6.07, 6.45) is 3.71. The number of anilines is 1. The highest BCUT2D eigenvalue weighted by atomic mass is 16.3. The van der Waals surface area contributed by atoms with E-state index < -0.39 is 0 Å². The van der Waals surface area contributed by atoms with Gasteiger partial charge in [-0.15, -0.1) is 0 Å². The molecule has 126 valence electrons. The normalized spacial score (nSPS) is 10.9. The van der Waals surface area contributed by atoms with Gasteiger partial charge in [0.1, 0.15) is 11.5 Å². The topological polar surface area (TPSA) is 85.3 Å². The molecule has 25 heavy (non-hydrogen) atoms. The molecule has 1 heterocycles. The molecule has 0 fully saturated rings. The number of rotatable bonds is 5. The van der Waals surface area contributed by atoms with Crippen molar-refractivity contribution in [3.05, 3.63) is 87.8 Å². The fraction of sp³-hybridized carbons (Fsp3) is 0.0500. The van der Waals surface area contributed by atoms with Gasteiger partial charge in [-0.25, -0.2) is 0 Å². The fourth-order valence-corrected chi connectivity index (χ4v) is 2.41. The van der Waals surface area contributed by atoms with Gasteiger partial charge in [0.05, 0.1) is 6.54 Å². The number of nitrogens with one attached hydrogen (secondary N) is 2. The Morgan fingerprint density at radius 3 is 2.24 bits per heavy atom. The number of hydrogen-bond donors (Lipinski definition) is 4. The van der Waals surface area contributed by atoms with Gasteiger partial charge in [-0.05, 0) is 41.5 Å². The Labute approximate surface area is 144 Å². The number of aromatic amines is 1. The molecular weight excluding hydrogens is 316 g/mol. The number of hydrogen-bond acceptors (Lipinski definition) is 4. The SMILES string of the molecule is O=c1cccc(CNc2ccc(/C=C/c3cc(O)cc(O)c3)cc2)[nH]1. The standard InChI is InChI=1S/C20H18N2O3/c23-18-10-15(11-19(24)12-18)5-4-14-6-8-16(9-7-14)21-13-17-2-1-3-20(25)22-17/h1-12,21,23-24H,13H2,(H,22,25)/b5-4+. The molecule has 5 heteroatoms. The highest BCUT2D eigenvalue weighted by Crippen LogP contribution is 2.22. The minimum Gasteiger partial charge on any atom is -0.508 e. The number of aromatic hydroxyl groups is 2. The van der Waals surface area contributed by atoms with Crippen LogP contribution in [0.15, 0.2) is 65.5 Å². The van der Waals surface area contributed by atoms with E-state index in [2.05, 4.69) is 10.3 Å². The first-order chi connectivity index (χ1) is 12.1. The number of phenols is 2. The summed E-state index contributed by atoms with van der Waals surface area (Å²) in [5.74, 6) is 0.0521. The van der Waals surface area contributed by atoms with Crippen molar-refractivity contribution in [3.8, 4) is 11.5 Å². The summed E-state index contributed by atoms with van der Waals surface area (Å²) < 4.78 is 0. The molecule has 0 unspecified atom stereocenters. The van der Waals surface area contributed by atoms with E-state index in [0.29, 0.717) is 12.1 Å². The number of phenolic OH excluding ortho intramolecular Hbond substituents is 2. The number of pyridine rings is 1. The van der Waals surface area contributed by atoms with Crippen LogP contribution in [0.5, 0.6) is 11.5 Å². The van der Waals surface area contributed by atoms with Crippen LogP contribution >= 0.6 is 0 Å². The Morgan fingerprint density at radius 1 is 0.880 bits per heavy atom. The molecule has 0 aliphatic rings. The van der Waals surface area contributed by atoms with Crippen molar-refractivity contribution in [2.75, 3.05) is 5.32 Å². The maximum absolute atomic E-state index is 11.3. The summed E-state index contributed by atoms with van der Waals surface area (Å²) in [4.78, 5) is 14.0. The van der Waals surface area contributed by atoms with Gasteiger partial charge in [0, 0.05) is 23.5 Å². The van der Waals surface area contributed by atoms with Gasteiger partial charge in [0.2, 0.25) is 5.56 Å². The van der Waals surface area contributed by atoms with E-state index in [1.54, 1.807) is 18.2 Å². The van der Waals surface area contributed by atoms with Crippen molar-refractivity contribution in [2.45, 2.75) is 6.54 Å².